The van der Waals surface area contributed by atoms with Crippen LogP contribution in [0.3, 0.4) is 0 Å². The van der Waals surface area contributed by atoms with Crippen molar-refractivity contribution in [2.45, 2.75) is 26.8 Å². The molecule has 1 aromatic carbocycles. The summed E-state index contributed by atoms with van der Waals surface area (Å²) in [6.07, 6.45) is 0. The van der Waals surface area contributed by atoms with Crippen LogP contribution in [0.5, 0.6) is 5.75 Å². The van der Waals surface area contributed by atoms with E-state index in [-0.39, 0.29) is 47.8 Å². The van der Waals surface area contributed by atoms with E-state index >= 15 is 0 Å². The first-order valence-corrected chi connectivity index (χ1v) is 9.29. The molecule has 23 heavy (non-hydrogen) atoms. The molecule has 0 saturated carbocycles. The Kier molecular flexibility index (Phi) is 4.98. The standard InChI is InChI=1S/C16H22FNO4S/c1-16(2,3)14-11-23(20,21)9-8-18(14)15(19)10-22-13-6-4-12(17)5-7-13/h4-7,14H,8-11H2,1-3H3. The molecule has 0 N–H and O–H groups in total. The van der Waals surface area contributed by atoms with E-state index in [2.05, 4.69) is 0 Å². The third-order valence-corrected chi connectivity index (χ3v) is 5.56. The summed E-state index contributed by atoms with van der Waals surface area (Å²) in [5.41, 5.74) is -0.348. The van der Waals surface area contributed by atoms with E-state index in [9.17, 15) is 17.6 Å². The number of carbonyl (C=O) groups excluding carboxylic acids is 1. The van der Waals surface area contributed by atoms with E-state index < -0.39 is 9.84 Å². The fourth-order valence-corrected chi connectivity index (χ4v) is 4.38. The molecule has 128 valence electrons. The van der Waals surface area contributed by atoms with Crippen LogP contribution < -0.4 is 4.74 Å². The molecule has 0 spiro atoms. The Balaban J connectivity index is 2.06. The van der Waals surface area contributed by atoms with Crippen LogP contribution >= 0.6 is 0 Å². The van der Waals surface area contributed by atoms with Crippen molar-refractivity contribution >= 4 is 15.7 Å². The lowest BCUT2D eigenvalue weighted by atomic mass is 9.86. The zero-order chi connectivity index (χ0) is 17.3. The van der Waals surface area contributed by atoms with Crippen molar-refractivity contribution in [3.05, 3.63) is 30.1 Å². The number of nitrogens with zero attached hydrogens (tertiary/aromatic N) is 1. The predicted molar refractivity (Wildman–Crippen MR) is 85.5 cm³/mol. The molecular formula is C16H22FNO4S. The lowest BCUT2D eigenvalue weighted by Crippen LogP contribution is -2.57. The van der Waals surface area contributed by atoms with Gasteiger partial charge in [-0.15, -0.1) is 0 Å². The van der Waals surface area contributed by atoms with E-state index in [0.29, 0.717) is 5.75 Å². The van der Waals surface area contributed by atoms with Crippen LogP contribution in [0.25, 0.3) is 0 Å². The third-order valence-electron chi connectivity index (χ3n) is 3.93. The Labute approximate surface area is 136 Å². The lowest BCUT2D eigenvalue weighted by molar-refractivity contribution is -0.137. The number of amides is 1. The second-order valence-electron chi connectivity index (χ2n) is 6.83. The highest BCUT2D eigenvalue weighted by molar-refractivity contribution is 7.91. The number of hydrogen-bond acceptors (Lipinski definition) is 4. The predicted octanol–water partition coefficient (Wildman–Crippen LogP) is 1.88. The van der Waals surface area contributed by atoms with Gasteiger partial charge in [-0.25, -0.2) is 12.8 Å². The Hall–Kier alpha value is -1.63. The van der Waals surface area contributed by atoms with Crippen LogP contribution in [-0.4, -0.2) is 49.9 Å². The van der Waals surface area contributed by atoms with Gasteiger partial charge in [-0.2, -0.15) is 0 Å². The normalized spacial score (nSPS) is 21.0. The highest BCUT2D eigenvalue weighted by Crippen LogP contribution is 2.29. The highest BCUT2D eigenvalue weighted by atomic mass is 32.2. The van der Waals surface area contributed by atoms with Crippen molar-refractivity contribution < 1.29 is 22.3 Å². The van der Waals surface area contributed by atoms with Crippen LogP contribution in [0.1, 0.15) is 20.8 Å². The molecule has 0 radical (unpaired) electrons. The van der Waals surface area contributed by atoms with Crippen LogP contribution in [0, 0.1) is 11.2 Å². The van der Waals surface area contributed by atoms with Crippen molar-refractivity contribution in [2.75, 3.05) is 24.7 Å². The van der Waals surface area contributed by atoms with Crippen molar-refractivity contribution in [3.8, 4) is 5.75 Å². The molecule has 5 nitrogen and oxygen atoms in total. The summed E-state index contributed by atoms with van der Waals surface area (Å²) >= 11 is 0. The zero-order valence-electron chi connectivity index (χ0n) is 13.6. The molecule has 1 heterocycles. The van der Waals surface area contributed by atoms with Gasteiger partial charge in [-0.05, 0) is 29.7 Å². The summed E-state index contributed by atoms with van der Waals surface area (Å²) in [5, 5.41) is 0. The van der Waals surface area contributed by atoms with Gasteiger partial charge in [0.2, 0.25) is 0 Å². The van der Waals surface area contributed by atoms with Crippen molar-refractivity contribution in [1.82, 2.24) is 4.90 Å². The summed E-state index contributed by atoms with van der Waals surface area (Å²) in [4.78, 5) is 14.0. The molecule has 1 unspecified atom stereocenters. The van der Waals surface area contributed by atoms with Gasteiger partial charge in [0.25, 0.3) is 5.91 Å². The summed E-state index contributed by atoms with van der Waals surface area (Å²) in [7, 11) is -3.13. The molecule has 1 aliphatic rings. The number of benzene rings is 1. The average molecular weight is 343 g/mol. The fraction of sp³-hybridized carbons (Fsp3) is 0.562. The quantitative estimate of drug-likeness (QED) is 0.841. The summed E-state index contributed by atoms with van der Waals surface area (Å²) < 4.78 is 42.0. The molecule has 1 saturated heterocycles. The average Bonchev–Trinajstić information content (AvgIpc) is 2.44. The number of rotatable bonds is 3. The molecule has 7 heteroatoms. The summed E-state index contributed by atoms with van der Waals surface area (Å²) in [5.74, 6) is -0.292. The van der Waals surface area contributed by atoms with Gasteiger partial charge in [0.15, 0.2) is 16.4 Å². The molecule has 1 fully saturated rings. The number of carbonyl (C=O) groups is 1. The summed E-state index contributed by atoms with van der Waals surface area (Å²) in [6.45, 7) is 5.73. The Morgan fingerprint density at radius 1 is 1.30 bits per heavy atom. The molecule has 1 amide bonds. The minimum Gasteiger partial charge on any atom is -0.484 e. The maximum Gasteiger partial charge on any atom is 0.260 e. The minimum atomic E-state index is -3.13. The topological polar surface area (TPSA) is 63.7 Å². The van der Waals surface area contributed by atoms with Gasteiger partial charge in [0.05, 0.1) is 17.5 Å². The Morgan fingerprint density at radius 2 is 1.91 bits per heavy atom. The molecule has 1 aromatic rings. The van der Waals surface area contributed by atoms with Crippen LogP contribution in [0.2, 0.25) is 0 Å². The number of ether oxygens (including phenoxy) is 1. The van der Waals surface area contributed by atoms with Crippen LogP contribution in [0.15, 0.2) is 24.3 Å². The van der Waals surface area contributed by atoms with Crippen LogP contribution in [0.4, 0.5) is 4.39 Å². The SMILES string of the molecule is CC(C)(C)C1CS(=O)(=O)CCN1C(=O)COc1ccc(F)cc1. The zero-order valence-corrected chi connectivity index (χ0v) is 14.4. The van der Waals surface area contributed by atoms with E-state index in [1.54, 1.807) is 4.90 Å². The first-order chi connectivity index (χ1) is 10.6. The molecular weight excluding hydrogens is 321 g/mol. The maximum atomic E-state index is 12.8. The van der Waals surface area contributed by atoms with Gasteiger partial charge >= 0.3 is 0 Å². The second-order valence-corrected chi connectivity index (χ2v) is 9.05. The number of halogens is 1. The van der Waals surface area contributed by atoms with E-state index in [0.717, 1.165) is 0 Å². The highest BCUT2D eigenvalue weighted by Gasteiger charge is 2.40. The maximum absolute atomic E-state index is 12.8. The minimum absolute atomic E-state index is 0.0259. The molecule has 0 aromatic heterocycles. The fourth-order valence-electron chi connectivity index (χ4n) is 2.58. The molecule has 1 atom stereocenters. The second kappa shape index (κ2) is 6.47. The largest absolute Gasteiger partial charge is 0.484 e. The van der Waals surface area contributed by atoms with Crippen LogP contribution in [-0.2, 0) is 14.6 Å². The number of sulfone groups is 1. The van der Waals surface area contributed by atoms with Crippen molar-refractivity contribution in [1.29, 1.82) is 0 Å². The number of hydrogen-bond donors (Lipinski definition) is 0. The Morgan fingerprint density at radius 3 is 2.48 bits per heavy atom. The first kappa shape index (κ1) is 17.7. The first-order valence-electron chi connectivity index (χ1n) is 7.47. The van der Waals surface area contributed by atoms with Gasteiger partial charge in [0.1, 0.15) is 11.6 Å². The monoisotopic (exact) mass is 343 g/mol. The van der Waals surface area contributed by atoms with E-state index in [4.69, 9.17) is 4.74 Å². The van der Waals surface area contributed by atoms with Gasteiger partial charge in [-0.3, -0.25) is 4.79 Å². The van der Waals surface area contributed by atoms with Gasteiger partial charge in [-0.1, -0.05) is 20.8 Å². The van der Waals surface area contributed by atoms with Gasteiger partial charge in [0, 0.05) is 6.54 Å². The smallest absolute Gasteiger partial charge is 0.260 e. The Bertz CT molecular complexity index is 664. The van der Waals surface area contributed by atoms with Gasteiger partial charge < -0.3 is 9.64 Å². The molecule has 1 aliphatic heterocycles. The summed E-state index contributed by atoms with van der Waals surface area (Å²) in [6, 6.07) is 5.02. The van der Waals surface area contributed by atoms with Crippen molar-refractivity contribution in [2.24, 2.45) is 5.41 Å². The molecule has 0 bridgehead atoms. The molecule has 0 aliphatic carbocycles. The van der Waals surface area contributed by atoms with Crippen molar-refractivity contribution in [3.63, 3.8) is 0 Å². The van der Waals surface area contributed by atoms with E-state index in [1.807, 2.05) is 20.8 Å². The lowest BCUT2D eigenvalue weighted by Gasteiger charge is -2.42. The van der Waals surface area contributed by atoms with E-state index in [1.165, 1.54) is 24.3 Å². The molecule has 2 rings (SSSR count). The third kappa shape index (κ3) is 4.67.